The fourth-order valence-corrected chi connectivity index (χ4v) is 5.30. The van der Waals surface area contributed by atoms with Crippen molar-refractivity contribution in [2.24, 2.45) is 22.0 Å². The number of hydrogen-bond donors (Lipinski definition) is 1. The highest BCUT2D eigenvalue weighted by molar-refractivity contribution is 5.82. The number of Topliss-reactive ketones (excluding diaryl/α,β-unsaturated/α-hetero) is 1. The van der Waals surface area contributed by atoms with Gasteiger partial charge in [0.1, 0.15) is 5.78 Å². The first-order valence-electron chi connectivity index (χ1n) is 9.49. The third-order valence-corrected chi connectivity index (χ3v) is 8.05. The number of rotatable bonds is 1. The van der Waals surface area contributed by atoms with E-state index in [2.05, 4.69) is 13.8 Å². The maximum absolute atomic E-state index is 11.5. The van der Waals surface area contributed by atoms with Crippen molar-refractivity contribution in [2.75, 3.05) is 0 Å². The second kappa shape index (κ2) is 5.33. The lowest BCUT2D eigenvalue weighted by atomic mass is 9.53. The highest BCUT2D eigenvalue weighted by Gasteiger charge is 2.48. The first-order chi connectivity index (χ1) is 10.2. The van der Waals surface area contributed by atoms with Crippen LogP contribution in [0.1, 0.15) is 97.8 Å². The van der Waals surface area contributed by atoms with Gasteiger partial charge in [0.15, 0.2) is 0 Å². The first kappa shape index (κ1) is 16.5. The van der Waals surface area contributed by atoms with Crippen molar-refractivity contribution in [2.45, 2.75) is 103 Å². The second-order valence-corrected chi connectivity index (χ2v) is 9.82. The predicted molar refractivity (Wildman–Crippen MR) is 91.7 cm³/mol. The minimum Gasteiger partial charge on any atom is -0.325 e. The molecule has 0 radical (unpaired) electrons. The smallest absolute Gasteiger partial charge is 0.135 e. The van der Waals surface area contributed by atoms with Crippen molar-refractivity contribution in [3.63, 3.8) is 0 Å². The van der Waals surface area contributed by atoms with E-state index in [1.165, 1.54) is 77.0 Å². The summed E-state index contributed by atoms with van der Waals surface area (Å²) in [5.74, 6) is 0.448. The maximum Gasteiger partial charge on any atom is 0.135 e. The number of carbonyl (C=O) groups excluding carboxylic acids is 1. The van der Waals surface area contributed by atoms with Crippen molar-refractivity contribution in [1.29, 1.82) is 0 Å². The summed E-state index contributed by atoms with van der Waals surface area (Å²) >= 11 is 0. The third kappa shape index (κ3) is 3.00. The Morgan fingerprint density at radius 2 is 1.00 bits per heavy atom. The molecule has 0 aliphatic heterocycles. The van der Waals surface area contributed by atoms with Crippen LogP contribution in [0.5, 0.6) is 0 Å². The van der Waals surface area contributed by atoms with Gasteiger partial charge in [0.25, 0.3) is 0 Å². The van der Waals surface area contributed by atoms with Crippen molar-refractivity contribution >= 4 is 5.78 Å². The Morgan fingerprint density at radius 3 is 1.27 bits per heavy atom. The van der Waals surface area contributed by atoms with Crippen LogP contribution in [-0.4, -0.2) is 11.3 Å². The van der Waals surface area contributed by atoms with Gasteiger partial charge in [-0.05, 0) is 94.8 Å². The molecule has 0 saturated heterocycles. The molecule has 0 aromatic heterocycles. The highest BCUT2D eigenvalue weighted by atomic mass is 16.1. The van der Waals surface area contributed by atoms with Gasteiger partial charge >= 0.3 is 0 Å². The highest BCUT2D eigenvalue weighted by Crippen LogP contribution is 2.56. The minimum absolute atomic E-state index is 0.123. The topological polar surface area (TPSA) is 43.1 Å². The monoisotopic (exact) mass is 305 g/mol. The summed E-state index contributed by atoms with van der Waals surface area (Å²) < 4.78 is 0. The lowest BCUT2D eigenvalue weighted by Crippen LogP contribution is -2.50. The number of fused-ring (bicyclic) bond motifs is 6. The van der Waals surface area contributed by atoms with Gasteiger partial charge < -0.3 is 5.73 Å². The van der Waals surface area contributed by atoms with Crippen LogP contribution in [0.2, 0.25) is 0 Å². The van der Waals surface area contributed by atoms with Gasteiger partial charge in [-0.25, -0.2) is 0 Å². The lowest BCUT2D eigenvalue weighted by molar-refractivity contribution is -0.135. The van der Waals surface area contributed by atoms with Crippen LogP contribution in [0, 0.1) is 16.2 Å². The average molecular weight is 306 g/mol. The first-order valence-corrected chi connectivity index (χ1v) is 9.49. The molecule has 6 fully saturated rings. The zero-order valence-corrected chi connectivity index (χ0v) is 15.0. The van der Waals surface area contributed by atoms with Gasteiger partial charge in [0, 0.05) is 11.0 Å². The molecule has 2 nitrogen and oxygen atoms in total. The standard InChI is InChI=1S/C11H18O.C9H17N/c1-9(12)11-6-3-10(2,4-7-11)5-8-11;1-8-2-5-9(10,6-3-8)7-4-8/h3-8H2,1-2H3;2-7,10H2,1H3. The molecule has 2 heteroatoms. The molecule has 6 aliphatic carbocycles. The summed E-state index contributed by atoms with van der Waals surface area (Å²) in [5.41, 5.74) is 7.82. The number of nitrogens with two attached hydrogens (primary N) is 1. The Bertz CT molecular complexity index is 386. The van der Waals surface area contributed by atoms with Gasteiger partial charge in [-0.1, -0.05) is 13.8 Å². The molecule has 0 atom stereocenters. The molecule has 6 aliphatic rings. The Labute approximate surface area is 136 Å². The van der Waals surface area contributed by atoms with E-state index >= 15 is 0 Å². The normalized spacial score (nSPS) is 49.5. The molecule has 6 rings (SSSR count). The molecule has 0 heterocycles. The molecule has 2 N–H and O–H groups in total. The molecule has 4 bridgehead atoms. The van der Waals surface area contributed by atoms with Gasteiger partial charge in [-0.3, -0.25) is 4.79 Å². The summed E-state index contributed by atoms with van der Waals surface area (Å²) in [7, 11) is 0. The van der Waals surface area contributed by atoms with Crippen LogP contribution < -0.4 is 5.73 Å². The maximum atomic E-state index is 11.5. The minimum atomic E-state index is 0.123. The van der Waals surface area contributed by atoms with E-state index in [1.807, 2.05) is 0 Å². The predicted octanol–water partition coefficient (Wildman–Crippen LogP) is 4.99. The van der Waals surface area contributed by atoms with Crippen LogP contribution in [0.3, 0.4) is 0 Å². The molecular formula is C20H35NO. The molecule has 0 aromatic carbocycles. The molecule has 126 valence electrons. The van der Waals surface area contributed by atoms with E-state index in [9.17, 15) is 4.79 Å². The van der Waals surface area contributed by atoms with Gasteiger partial charge in [-0.15, -0.1) is 0 Å². The van der Waals surface area contributed by atoms with Gasteiger partial charge in [0.2, 0.25) is 0 Å². The van der Waals surface area contributed by atoms with Crippen molar-refractivity contribution in [3.05, 3.63) is 0 Å². The molecule has 0 spiro atoms. The van der Waals surface area contributed by atoms with Crippen LogP contribution in [-0.2, 0) is 4.79 Å². The largest absolute Gasteiger partial charge is 0.325 e. The second-order valence-electron chi connectivity index (χ2n) is 9.82. The zero-order valence-electron chi connectivity index (χ0n) is 15.0. The average Bonchev–Trinajstić information content (AvgIpc) is 2.51. The zero-order chi connectivity index (χ0) is 16.1. The summed E-state index contributed by atoms with van der Waals surface area (Å²) in [6, 6.07) is 0. The Hall–Kier alpha value is -0.370. The summed E-state index contributed by atoms with van der Waals surface area (Å²) in [5, 5.41) is 0. The van der Waals surface area contributed by atoms with E-state index in [4.69, 9.17) is 5.73 Å². The molecule has 0 amide bonds. The van der Waals surface area contributed by atoms with Crippen LogP contribution in [0.4, 0.5) is 0 Å². The summed E-state index contributed by atoms with van der Waals surface area (Å²) in [4.78, 5) is 11.5. The Morgan fingerprint density at radius 1 is 0.682 bits per heavy atom. The quantitative estimate of drug-likeness (QED) is 0.741. The molecule has 0 aromatic rings. The molecule has 0 unspecified atom stereocenters. The van der Waals surface area contributed by atoms with E-state index < -0.39 is 0 Å². The van der Waals surface area contributed by atoms with E-state index in [1.54, 1.807) is 6.92 Å². The van der Waals surface area contributed by atoms with Crippen molar-refractivity contribution < 1.29 is 4.79 Å². The molecular weight excluding hydrogens is 270 g/mol. The van der Waals surface area contributed by atoms with Crippen LogP contribution >= 0.6 is 0 Å². The van der Waals surface area contributed by atoms with Crippen LogP contribution in [0.15, 0.2) is 0 Å². The molecule has 22 heavy (non-hydrogen) atoms. The Balaban J connectivity index is 0.000000133. The fraction of sp³-hybridized carbons (Fsp3) is 0.950. The SMILES string of the molecule is CC(=O)C12CCC(C)(CC1)CC2.CC12CCC(N)(CC1)CC2. The third-order valence-electron chi connectivity index (χ3n) is 8.05. The number of hydrogen-bond acceptors (Lipinski definition) is 2. The van der Waals surface area contributed by atoms with Crippen molar-refractivity contribution in [1.82, 2.24) is 0 Å². The van der Waals surface area contributed by atoms with E-state index in [-0.39, 0.29) is 11.0 Å². The van der Waals surface area contributed by atoms with E-state index in [0.29, 0.717) is 16.6 Å². The Kier molecular flexibility index (Phi) is 3.99. The van der Waals surface area contributed by atoms with Gasteiger partial charge in [0.05, 0.1) is 0 Å². The van der Waals surface area contributed by atoms with E-state index in [0.717, 1.165) is 0 Å². The van der Waals surface area contributed by atoms with Crippen molar-refractivity contribution in [3.8, 4) is 0 Å². The number of ketones is 1. The lowest BCUT2D eigenvalue weighted by Gasteiger charge is -2.50. The van der Waals surface area contributed by atoms with Gasteiger partial charge in [-0.2, -0.15) is 0 Å². The van der Waals surface area contributed by atoms with Crippen LogP contribution in [0.25, 0.3) is 0 Å². The fourth-order valence-electron chi connectivity index (χ4n) is 5.30. The summed E-state index contributed by atoms with van der Waals surface area (Å²) in [6.45, 7) is 6.59. The number of carbonyl (C=O) groups is 1. The summed E-state index contributed by atoms with van der Waals surface area (Å²) in [6.07, 6.45) is 15.3. The molecule has 6 saturated carbocycles.